The number of fused-ring (bicyclic) bond motifs is 2. The molecule has 0 bridgehead atoms. The Hall–Kier alpha value is -2.12. The van der Waals surface area contributed by atoms with Crippen LogP contribution < -0.4 is 0 Å². The van der Waals surface area contributed by atoms with Crippen molar-refractivity contribution in [1.29, 1.82) is 0 Å². The summed E-state index contributed by atoms with van der Waals surface area (Å²) in [5.74, 6) is 0.344. The van der Waals surface area contributed by atoms with E-state index in [9.17, 15) is 0 Å². The van der Waals surface area contributed by atoms with Gasteiger partial charge in [-0.2, -0.15) is 0 Å². The molecule has 3 aromatic rings. The third-order valence-electron chi connectivity index (χ3n) is 5.85. The van der Waals surface area contributed by atoms with E-state index in [-0.39, 0.29) is 5.41 Å². The summed E-state index contributed by atoms with van der Waals surface area (Å²) in [6.45, 7) is 4.71. The molecule has 2 aliphatic rings. The Morgan fingerprint density at radius 1 is 0.800 bits per heavy atom. The van der Waals surface area contributed by atoms with Crippen molar-refractivity contribution < 1.29 is 0 Å². The van der Waals surface area contributed by atoms with Gasteiger partial charge in [-0.3, -0.25) is 0 Å². The molecule has 0 radical (unpaired) electrons. The van der Waals surface area contributed by atoms with Crippen LogP contribution in [0.15, 0.2) is 71.2 Å². The molecule has 1 atom stereocenters. The zero-order valence-electron chi connectivity index (χ0n) is 14.4. The predicted octanol–water partition coefficient (Wildman–Crippen LogP) is 6.77. The SMILES string of the molecule is CC1(C)c2ccccc2C2C(c3ccc(Br)cc3)=Cc3cccc1c32. The van der Waals surface area contributed by atoms with Crippen LogP contribution in [0.25, 0.3) is 11.6 Å². The van der Waals surface area contributed by atoms with E-state index in [4.69, 9.17) is 0 Å². The Balaban J connectivity index is 1.80. The van der Waals surface area contributed by atoms with E-state index in [1.165, 1.54) is 39.0 Å². The number of benzene rings is 3. The monoisotopic (exact) mass is 386 g/mol. The van der Waals surface area contributed by atoms with Crippen LogP contribution in [0.5, 0.6) is 0 Å². The lowest BCUT2D eigenvalue weighted by Gasteiger charge is -2.39. The van der Waals surface area contributed by atoms with Gasteiger partial charge in [-0.15, -0.1) is 0 Å². The molecular weight excluding hydrogens is 368 g/mol. The highest BCUT2D eigenvalue weighted by atomic mass is 79.9. The molecule has 122 valence electrons. The summed E-state index contributed by atoms with van der Waals surface area (Å²) < 4.78 is 1.12. The first kappa shape index (κ1) is 15.2. The molecule has 0 aliphatic heterocycles. The molecule has 25 heavy (non-hydrogen) atoms. The van der Waals surface area contributed by atoms with Crippen LogP contribution in [-0.2, 0) is 5.41 Å². The summed E-state index contributed by atoms with van der Waals surface area (Å²) in [6, 6.07) is 24.5. The summed E-state index contributed by atoms with van der Waals surface area (Å²) >= 11 is 3.56. The second-order valence-electron chi connectivity index (χ2n) is 7.56. The molecule has 0 nitrogen and oxygen atoms in total. The maximum absolute atomic E-state index is 3.56. The van der Waals surface area contributed by atoms with Gasteiger partial charge in [0, 0.05) is 15.8 Å². The average molecular weight is 387 g/mol. The summed E-state index contributed by atoms with van der Waals surface area (Å²) in [4.78, 5) is 0. The maximum atomic E-state index is 3.56. The van der Waals surface area contributed by atoms with Crippen LogP contribution in [0, 0.1) is 0 Å². The van der Waals surface area contributed by atoms with Crippen LogP contribution in [0.4, 0.5) is 0 Å². The van der Waals surface area contributed by atoms with E-state index in [0.717, 1.165) is 4.47 Å². The number of halogens is 1. The fraction of sp³-hybridized carbons (Fsp3) is 0.167. The van der Waals surface area contributed by atoms with E-state index >= 15 is 0 Å². The molecule has 2 aliphatic carbocycles. The smallest absolute Gasteiger partial charge is 0.0358 e. The van der Waals surface area contributed by atoms with Crippen LogP contribution in [0.2, 0.25) is 0 Å². The van der Waals surface area contributed by atoms with Crippen LogP contribution in [0.3, 0.4) is 0 Å². The molecule has 1 heteroatoms. The van der Waals surface area contributed by atoms with Crippen molar-refractivity contribution in [2.24, 2.45) is 0 Å². The minimum Gasteiger partial charge on any atom is -0.0619 e. The molecule has 5 rings (SSSR count). The third-order valence-corrected chi connectivity index (χ3v) is 6.38. The lowest BCUT2D eigenvalue weighted by Crippen LogP contribution is -2.29. The van der Waals surface area contributed by atoms with Gasteiger partial charge in [-0.25, -0.2) is 0 Å². The van der Waals surface area contributed by atoms with Gasteiger partial charge in [-0.1, -0.05) is 84.4 Å². The normalized spacial score (nSPS) is 19.2. The Morgan fingerprint density at radius 3 is 2.32 bits per heavy atom. The van der Waals surface area contributed by atoms with Gasteiger partial charge in [0.25, 0.3) is 0 Å². The summed E-state index contributed by atoms with van der Waals surface area (Å²) in [6.07, 6.45) is 2.39. The second-order valence-corrected chi connectivity index (χ2v) is 8.48. The van der Waals surface area contributed by atoms with Gasteiger partial charge in [0.05, 0.1) is 0 Å². The number of hydrogen-bond acceptors (Lipinski definition) is 0. The van der Waals surface area contributed by atoms with E-state index in [0.29, 0.717) is 5.92 Å². The molecule has 0 N–H and O–H groups in total. The molecule has 0 amide bonds. The topological polar surface area (TPSA) is 0 Å². The largest absolute Gasteiger partial charge is 0.0619 e. The van der Waals surface area contributed by atoms with E-state index in [1.807, 2.05) is 0 Å². The lowest BCUT2D eigenvalue weighted by molar-refractivity contribution is 0.603. The molecule has 0 saturated heterocycles. The van der Waals surface area contributed by atoms with Crippen molar-refractivity contribution in [3.8, 4) is 0 Å². The Kier molecular flexibility index (Phi) is 3.15. The molecule has 1 unspecified atom stereocenters. The second kappa shape index (κ2) is 5.19. The van der Waals surface area contributed by atoms with Crippen LogP contribution >= 0.6 is 15.9 Å². The van der Waals surface area contributed by atoms with Crippen LogP contribution in [-0.4, -0.2) is 0 Å². The summed E-state index contributed by atoms with van der Waals surface area (Å²) in [7, 11) is 0. The Bertz CT molecular complexity index is 1020. The highest BCUT2D eigenvalue weighted by Crippen LogP contribution is 2.55. The molecule has 3 aromatic carbocycles. The van der Waals surface area contributed by atoms with Crippen molar-refractivity contribution in [3.63, 3.8) is 0 Å². The summed E-state index contributed by atoms with van der Waals surface area (Å²) in [5, 5.41) is 0. The molecule has 0 aromatic heterocycles. The van der Waals surface area contributed by atoms with Crippen molar-refractivity contribution in [1.82, 2.24) is 0 Å². The van der Waals surface area contributed by atoms with Gasteiger partial charge in [0.1, 0.15) is 0 Å². The fourth-order valence-electron chi connectivity index (χ4n) is 4.66. The minimum absolute atomic E-state index is 0.0431. The van der Waals surface area contributed by atoms with E-state index in [1.54, 1.807) is 0 Å². The molecule has 0 fully saturated rings. The number of rotatable bonds is 1. The Morgan fingerprint density at radius 2 is 1.52 bits per heavy atom. The summed E-state index contributed by atoms with van der Waals surface area (Å²) in [5.41, 5.74) is 10.0. The number of hydrogen-bond donors (Lipinski definition) is 0. The molecule has 0 heterocycles. The molecule has 0 spiro atoms. The quantitative estimate of drug-likeness (QED) is 0.432. The minimum atomic E-state index is 0.0431. The highest BCUT2D eigenvalue weighted by Gasteiger charge is 2.41. The van der Waals surface area contributed by atoms with Gasteiger partial charge >= 0.3 is 0 Å². The van der Waals surface area contributed by atoms with Crippen molar-refractivity contribution in [2.75, 3.05) is 0 Å². The zero-order chi connectivity index (χ0) is 17.2. The predicted molar refractivity (Wildman–Crippen MR) is 109 cm³/mol. The van der Waals surface area contributed by atoms with Crippen molar-refractivity contribution in [3.05, 3.63) is 105 Å². The molecular formula is C24H19Br. The van der Waals surface area contributed by atoms with Gasteiger partial charge < -0.3 is 0 Å². The zero-order valence-corrected chi connectivity index (χ0v) is 16.0. The van der Waals surface area contributed by atoms with Gasteiger partial charge in [0.2, 0.25) is 0 Å². The van der Waals surface area contributed by atoms with Gasteiger partial charge in [-0.05, 0) is 57.2 Å². The Labute approximate surface area is 157 Å². The maximum Gasteiger partial charge on any atom is 0.0358 e. The van der Waals surface area contributed by atoms with Crippen molar-refractivity contribution in [2.45, 2.75) is 25.2 Å². The van der Waals surface area contributed by atoms with Crippen LogP contribution in [0.1, 0.15) is 53.1 Å². The average Bonchev–Trinajstić information content (AvgIpc) is 3.01. The first-order valence-corrected chi connectivity index (χ1v) is 9.57. The third kappa shape index (κ3) is 2.05. The first-order valence-electron chi connectivity index (χ1n) is 8.78. The number of allylic oxidation sites excluding steroid dienone is 1. The van der Waals surface area contributed by atoms with Gasteiger partial charge in [0.15, 0.2) is 0 Å². The molecule has 0 saturated carbocycles. The van der Waals surface area contributed by atoms with Crippen molar-refractivity contribution >= 4 is 27.6 Å². The fourth-order valence-corrected chi connectivity index (χ4v) is 4.93. The van der Waals surface area contributed by atoms with E-state index < -0.39 is 0 Å². The highest BCUT2D eigenvalue weighted by molar-refractivity contribution is 9.10. The van der Waals surface area contributed by atoms with E-state index in [2.05, 4.69) is 103 Å². The standard InChI is InChI=1S/C24H19Br/c1-24(2)20-8-4-3-7-18(20)23-19(15-10-12-17(25)13-11-15)14-16-6-5-9-21(24)22(16)23/h3-14,23H,1-2H3. The lowest BCUT2D eigenvalue weighted by atomic mass is 9.64. The first-order chi connectivity index (χ1) is 12.1.